The molecule has 9 heteroatoms. The van der Waals surface area contributed by atoms with Gasteiger partial charge < -0.3 is 0 Å². The molecule has 0 aliphatic rings. The quantitative estimate of drug-likeness (QED) is 0.576. The fraction of sp³-hybridized carbons (Fsp3) is 0.188. The fourth-order valence-corrected chi connectivity index (χ4v) is 2.40. The van der Waals surface area contributed by atoms with Crippen LogP contribution in [0.25, 0.3) is 0 Å². The molecule has 0 aliphatic heterocycles. The van der Waals surface area contributed by atoms with Crippen LogP contribution in [0.1, 0.15) is 15.9 Å². The number of benzene rings is 2. The van der Waals surface area contributed by atoms with Gasteiger partial charge in [0.25, 0.3) is 5.91 Å². The van der Waals surface area contributed by atoms with Crippen molar-refractivity contribution in [2.75, 3.05) is 6.54 Å². The van der Waals surface area contributed by atoms with Gasteiger partial charge in [-0.3, -0.25) is 4.79 Å². The zero-order valence-corrected chi connectivity index (χ0v) is 13.6. The molecule has 0 N–H and O–H groups in total. The summed E-state index contributed by atoms with van der Waals surface area (Å²) in [6.07, 6.45) is 0.118. The van der Waals surface area contributed by atoms with E-state index in [0.29, 0.717) is 5.56 Å². The number of hydrogen-bond donors (Lipinski definition) is 0. The van der Waals surface area contributed by atoms with Gasteiger partial charge in [-0.1, -0.05) is 48.5 Å². The minimum absolute atomic E-state index is 0.00735. The van der Waals surface area contributed by atoms with Crippen LogP contribution in [0.5, 0.6) is 0 Å². The molecule has 5 nitrogen and oxygen atoms in total. The predicted molar refractivity (Wildman–Crippen MR) is 83.7 cm³/mol. The van der Waals surface area contributed by atoms with E-state index in [1.54, 1.807) is 36.4 Å². The fourth-order valence-electron chi connectivity index (χ4n) is 1.93. The van der Waals surface area contributed by atoms with Gasteiger partial charge in [-0.05, 0) is 24.1 Å². The van der Waals surface area contributed by atoms with Crippen molar-refractivity contribution in [1.29, 1.82) is 0 Å². The predicted octanol–water partition coefficient (Wildman–Crippen LogP) is 3.15. The van der Waals surface area contributed by atoms with Gasteiger partial charge in [0.2, 0.25) is 0 Å². The van der Waals surface area contributed by atoms with Crippen LogP contribution in [-0.2, 0) is 20.8 Å². The first-order valence-corrected chi connectivity index (χ1v) is 8.53. The van der Waals surface area contributed by atoms with E-state index < -0.39 is 21.5 Å². The molecule has 134 valence electrons. The Kier molecular flexibility index (Phi) is 5.81. The average molecular weight is 373 g/mol. The summed E-state index contributed by atoms with van der Waals surface area (Å²) in [6, 6.07) is 15.9. The number of rotatable bonds is 6. The number of hydroxylamine groups is 2. The van der Waals surface area contributed by atoms with E-state index in [1.807, 2.05) is 0 Å². The third-order valence-electron chi connectivity index (χ3n) is 3.17. The SMILES string of the molecule is O=C(c1ccccc1)N(CCc1ccccc1)OS(=O)(=O)C(F)(F)F. The summed E-state index contributed by atoms with van der Waals surface area (Å²) in [4.78, 5) is 12.3. The highest BCUT2D eigenvalue weighted by Crippen LogP contribution is 2.26. The van der Waals surface area contributed by atoms with Gasteiger partial charge in [0.15, 0.2) is 0 Å². The third kappa shape index (κ3) is 5.04. The molecule has 0 fully saturated rings. The molecule has 0 bridgehead atoms. The van der Waals surface area contributed by atoms with Crippen molar-refractivity contribution in [2.45, 2.75) is 11.9 Å². The highest BCUT2D eigenvalue weighted by atomic mass is 32.2. The Bertz CT molecular complexity index is 808. The molecule has 0 aromatic heterocycles. The number of carbonyl (C=O) groups excluding carboxylic acids is 1. The van der Waals surface area contributed by atoms with Crippen LogP contribution in [0.2, 0.25) is 0 Å². The summed E-state index contributed by atoms with van der Waals surface area (Å²) in [5.74, 6) is -0.982. The van der Waals surface area contributed by atoms with Crippen molar-refractivity contribution in [3.05, 3.63) is 71.8 Å². The van der Waals surface area contributed by atoms with Gasteiger partial charge in [0.05, 0.1) is 6.54 Å². The number of halogens is 3. The maximum atomic E-state index is 12.6. The Morgan fingerprint density at radius 1 is 0.960 bits per heavy atom. The summed E-state index contributed by atoms with van der Waals surface area (Å²) in [7, 11) is -5.95. The van der Waals surface area contributed by atoms with Crippen molar-refractivity contribution in [1.82, 2.24) is 5.06 Å². The molecule has 0 unspecified atom stereocenters. The van der Waals surface area contributed by atoms with E-state index in [0.717, 1.165) is 0 Å². The Labute approximate surface area is 142 Å². The second-order valence-electron chi connectivity index (χ2n) is 4.98. The third-order valence-corrected chi connectivity index (χ3v) is 4.11. The number of carbonyl (C=O) groups is 1. The van der Waals surface area contributed by atoms with Crippen molar-refractivity contribution in [3.8, 4) is 0 Å². The highest BCUT2D eigenvalue weighted by Gasteiger charge is 2.49. The molecule has 0 heterocycles. The van der Waals surface area contributed by atoms with E-state index in [1.165, 1.54) is 24.3 Å². The minimum atomic E-state index is -5.95. The molecule has 2 rings (SSSR count). The van der Waals surface area contributed by atoms with Crippen LogP contribution in [0.3, 0.4) is 0 Å². The van der Waals surface area contributed by atoms with Gasteiger partial charge in [-0.2, -0.15) is 26.7 Å². The lowest BCUT2D eigenvalue weighted by Crippen LogP contribution is -2.39. The largest absolute Gasteiger partial charge is 0.525 e. The van der Waals surface area contributed by atoms with E-state index in [4.69, 9.17) is 0 Å². The normalized spacial score (nSPS) is 12.0. The topological polar surface area (TPSA) is 63.7 Å². The Balaban J connectivity index is 2.23. The summed E-state index contributed by atoms with van der Waals surface area (Å²) in [5, 5.41) is 0.213. The molecule has 1 amide bonds. The lowest BCUT2D eigenvalue weighted by molar-refractivity contribution is -0.0851. The highest BCUT2D eigenvalue weighted by molar-refractivity contribution is 7.87. The van der Waals surface area contributed by atoms with Crippen molar-refractivity contribution >= 4 is 16.0 Å². The van der Waals surface area contributed by atoms with Crippen LogP contribution in [0.4, 0.5) is 13.2 Å². The second kappa shape index (κ2) is 7.66. The molecule has 25 heavy (non-hydrogen) atoms. The van der Waals surface area contributed by atoms with Crippen LogP contribution >= 0.6 is 0 Å². The summed E-state index contributed by atoms with van der Waals surface area (Å²) >= 11 is 0. The lowest BCUT2D eigenvalue weighted by atomic mass is 10.1. The number of amides is 1. The van der Waals surface area contributed by atoms with Gasteiger partial charge in [0.1, 0.15) is 0 Å². The molecule has 0 aliphatic carbocycles. The minimum Gasteiger partial charge on any atom is -0.267 e. The Morgan fingerprint density at radius 3 is 2.00 bits per heavy atom. The lowest BCUT2D eigenvalue weighted by Gasteiger charge is -2.21. The van der Waals surface area contributed by atoms with E-state index in [9.17, 15) is 26.4 Å². The molecule has 0 spiro atoms. The molecular weight excluding hydrogens is 359 g/mol. The average Bonchev–Trinajstić information content (AvgIpc) is 2.58. The monoisotopic (exact) mass is 373 g/mol. The standard InChI is InChI=1S/C16H14F3NO4S/c17-16(18,19)25(22,23)24-20(12-11-13-7-3-1-4-8-13)15(21)14-9-5-2-6-10-14/h1-10H,11-12H2. The smallest absolute Gasteiger partial charge is 0.267 e. The number of hydrogen-bond acceptors (Lipinski definition) is 4. The Morgan fingerprint density at radius 2 is 1.48 bits per heavy atom. The van der Waals surface area contributed by atoms with E-state index >= 15 is 0 Å². The first-order valence-electron chi connectivity index (χ1n) is 7.12. The summed E-state index contributed by atoms with van der Waals surface area (Å²) < 4.78 is 64.3. The maximum absolute atomic E-state index is 12.6. The van der Waals surface area contributed by atoms with Crippen molar-refractivity contribution in [3.63, 3.8) is 0 Å². The van der Waals surface area contributed by atoms with Gasteiger partial charge in [-0.25, -0.2) is 0 Å². The Hall–Kier alpha value is -2.39. The molecule has 2 aromatic carbocycles. The zero-order valence-electron chi connectivity index (χ0n) is 12.8. The molecule has 0 atom stereocenters. The molecular formula is C16H14F3NO4S. The first kappa shape index (κ1) is 18.9. The van der Waals surface area contributed by atoms with Crippen LogP contribution in [0, 0.1) is 0 Å². The first-order chi connectivity index (χ1) is 11.7. The molecule has 0 radical (unpaired) electrons. The van der Waals surface area contributed by atoms with Gasteiger partial charge >= 0.3 is 15.6 Å². The molecule has 2 aromatic rings. The number of alkyl halides is 3. The molecule has 0 saturated heterocycles. The van der Waals surface area contributed by atoms with E-state index in [2.05, 4.69) is 4.28 Å². The number of nitrogens with zero attached hydrogens (tertiary/aromatic N) is 1. The summed E-state index contributed by atoms with van der Waals surface area (Å²) in [5.41, 5.74) is -4.91. The van der Waals surface area contributed by atoms with Gasteiger partial charge in [-0.15, -0.1) is 4.28 Å². The van der Waals surface area contributed by atoms with Gasteiger partial charge in [0, 0.05) is 5.56 Å². The van der Waals surface area contributed by atoms with E-state index in [-0.39, 0.29) is 23.6 Å². The summed E-state index contributed by atoms with van der Waals surface area (Å²) in [6.45, 7) is -0.368. The maximum Gasteiger partial charge on any atom is 0.525 e. The van der Waals surface area contributed by atoms with Crippen LogP contribution in [-0.4, -0.2) is 31.4 Å². The van der Waals surface area contributed by atoms with Crippen LogP contribution in [0.15, 0.2) is 60.7 Å². The van der Waals surface area contributed by atoms with Crippen molar-refractivity contribution in [2.24, 2.45) is 0 Å². The second-order valence-corrected chi connectivity index (χ2v) is 6.50. The van der Waals surface area contributed by atoms with Crippen molar-refractivity contribution < 1.29 is 30.7 Å². The van der Waals surface area contributed by atoms with Crippen LogP contribution < -0.4 is 0 Å². The molecule has 0 saturated carbocycles. The zero-order chi connectivity index (χ0) is 18.5.